The van der Waals surface area contributed by atoms with Crippen molar-refractivity contribution in [3.8, 4) is 0 Å². The Morgan fingerprint density at radius 3 is 2.90 bits per heavy atom. The molecule has 2 N–H and O–H groups in total. The number of carbonyl (C=O) groups is 2. The Morgan fingerprint density at radius 1 is 1.48 bits per heavy atom. The van der Waals surface area contributed by atoms with Gasteiger partial charge in [0.2, 0.25) is 5.91 Å². The lowest BCUT2D eigenvalue weighted by Gasteiger charge is -2.31. The fourth-order valence-corrected chi connectivity index (χ4v) is 2.87. The average Bonchev–Trinajstić information content (AvgIpc) is 2.46. The molecule has 1 fully saturated rings. The summed E-state index contributed by atoms with van der Waals surface area (Å²) in [6, 6.07) is 7.04. The van der Waals surface area contributed by atoms with Crippen molar-refractivity contribution in [1.82, 2.24) is 4.90 Å². The van der Waals surface area contributed by atoms with Crippen LogP contribution in [-0.4, -0.2) is 53.0 Å². The van der Waals surface area contributed by atoms with Gasteiger partial charge in [-0.05, 0) is 17.7 Å². The predicted molar refractivity (Wildman–Crippen MR) is 79.1 cm³/mol. The van der Waals surface area contributed by atoms with Crippen molar-refractivity contribution in [1.29, 1.82) is 0 Å². The lowest BCUT2D eigenvalue weighted by molar-refractivity contribution is -0.133. The maximum atomic E-state index is 12.4. The van der Waals surface area contributed by atoms with E-state index in [2.05, 4.69) is 0 Å². The zero-order valence-electron chi connectivity index (χ0n) is 11.8. The molecule has 21 heavy (non-hydrogen) atoms. The van der Waals surface area contributed by atoms with Gasteiger partial charge in [-0.1, -0.05) is 12.1 Å². The molecular weight excluding hydrogens is 292 g/mol. The molecule has 0 spiro atoms. The molecule has 2 amide bonds. The van der Waals surface area contributed by atoms with Gasteiger partial charge >= 0.3 is 0 Å². The summed E-state index contributed by atoms with van der Waals surface area (Å²) in [6.07, 6.45) is 0.863. The zero-order valence-corrected chi connectivity index (χ0v) is 12.6. The average molecular weight is 310 g/mol. The second-order valence-corrected chi connectivity index (χ2v) is 6.37. The van der Waals surface area contributed by atoms with Crippen molar-refractivity contribution in [2.75, 3.05) is 26.0 Å². The van der Waals surface area contributed by atoms with Gasteiger partial charge in [0.1, 0.15) is 0 Å². The van der Waals surface area contributed by atoms with Gasteiger partial charge in [0, 0.05) is 34.9 Å². The number of morpholine rings is 1. The summed E-state index contributed by atoms with van der Waals surface area (Å²) in [5.74, 6) is -0.329. The molecule has 1 heterocycles. The third-order valence-electron chi connectivity index (χ3n) is 3.21. The van der Waals surface area contributed by atoms with Crippen LogP contribution in [0.1, 0.15) is 15.9 Å². The molecule has 1 aromatic rings. The molecular formula is C14H18N2O4S. The number of hydrogen-bond donors (Lipinski definition) is 1. The summed E-state index contributed by atoms with van der Waals surface area (Å²) in [4.78, 5) is 25.2. The Kier molecular flexibility index (Phi) is 5.08. The van der Waals surface area contributed by atoms with Crippen LogP contribution in [0.25, 0.3) is 0 Å². The van der Waals surface area contributed by atoms with Crippen molar-refractivity contribution >= 4 is 22.6 Å². The maximum Gasteiger partial charge on any atom is 0.254 e. The Labute approximate surface area is 125 Å². The van der Waals surface area contributed by atoms with E-state index in [0.29, 0.717) is 17.9 Å². The first-order chi connectivity index (χ1) is 9.97. The maximum absolute atomic E-state index is 12.4. The first-order valence-electron chi connectivity index (χ1n) is 6.56. The summed E-state index contributed by atoms with van der Waals surface area (Å²) in [7, 11) is -0.961. The Hall–Kier alpha value is -1.73. The SMILES string of the molecule is CS(=O)Cc1cccc(C(=O)N2CCOC(C(N)=O)C2)c1. The quantitative estimate of drug-likeness (QED) is 0.840. The number of nitrogens with zero attached hydrogens (tertiary/aromatic N) is 1. The number of primary amides is 1. The largest absolute Gasteiger partial charge is 0.367 e. The molecule has 6 nitrogen and oxygen atoms in total. The number of rotatable bonds is 4. The number of ether oxygens (including phenoxy) is 1. The summed E-state index contributed by atoms with van der Waals surface area (Å²) >= 11 is 0. The standard InChI is InChI=1S/C14H18N2O4S/c1-21(19)9-10-3-2-4-11(7-10)14(18)16-5-6-20-12(8-16)13(15)17/h2-4,7,12H,5-6,8-9H2,1H3,(H2,15,17). The second-order valence-electron chi connectivity index (χ2n) is 4.93. The molecule has 1 aromatic carbocycles. The van der Waals surface area contributed by atoms with Crippen molar-refractivity contribution in [2.24, 2.45) is 5.73 Å². The first-order valence-corrected chi connectivity index (χ1v) is 8.29. The summed E-state index contributed by atoms with van der Waals surface area (Å²) in [5, 5.41) is 0. The highest BCUT2D eigenvalue weighted by atomic mass is 32.2. The van der Waals surface area contributed by atoms with E-state index in [1.165, 1.54) is 0 Å². The molecule has 1 aliphatic rings. The smallest absolute Gasteiger partial charge is 0.254 e. The minimum absolute atomic E-state index is 0.165. The van der Waals surface area contributed by atoms with Crippen LogP contribution in [-0.2, 0) is 26.1 Å². The molecule has 0 aliphatic carbocycles. The van der Waals surface area contributed by atoms with E-state index >= 15 is 0 Å². The van der Waals surface area contributed by atoms with E-state index in [4.69, 9.17) is 10.5 Å². The highest BCUT2D eigenvalue weighted by Crippen LogP contribution is 2.13. The van der Waals surface area contributed by atoms with Crippen LogP contribution in [0.3, 0.4) is 0 Å². The third kappa shape index (κ3) is 4.12. The molecule has 1 aliphatic heterocycles. The lowest BCUT2D eigenvalue weighted by atomic mass is 10.1. The van der Waals surface area contributed by atoms with E-state index in [1.54, 1.807) is 29.4 Å². The normalized spacial score (nSPS) is 20.0. The van der Waals surface area contributed by atoms with Crippen molar-refractivity contribution in [3.05, 3.63) is 35.4 Å². The van der Waals surface area contributed by atoms with Crippen molar-refractivity contribution < 1.29 is 18.5 Å². The number of carbonyl (C=O) groups excluding carboxylic acids is 2. The van der Waals surface area contributed by atoms with Crippen molar-refractivity contribution in [2.45, 2.75) is 11.9 Å². The van der Waals surface area contributed by atoms with Crippen LogP contribution < -0.4 is 5.73 Å². The van der Waals surface area contributed by atoms with E-state index in [9.17, 15) is 13.8 Å². The predicted octanol–water partition coefficient (Wildman–Crippen LogP) is -0.109. The number of benzene rings is 1. The minimum Gasteiger partial charge on any atom is -0.367 e. The van der Waals surface area contributed by atoms with Gasteiger partial charge in [-0.15, -0.1) is 0 Å². The van der Waals surface area contributed by atoms with E-state index in [-0.39, 0.29) is 19.1 Å². The summed E-state index contributed by atoms with van der Waals surface area (Å²) < 4.78 is 16.5. The van der Waals surface area contributed by atoms with Crippen LogP contribution in [0.4, 0.5) is 0 Å². The zero-order chi connectivity index (χ0) is 15.4. The van der Waals surface area contributed by atoms with Gasteiger partial charge in [-0.2, -0.15) is 0 Å². The van der Waals surface area contributed by atoms with Gasteiger partial charge in [0.15, 0.2) is 6.10 Å². The molecule has 0 bridgehead atoms. The van der Waals surface area contributed by atoms with Crippen molar-refractivity contribution in [3.63, 3.8) is 0 Å². The van der Waals surface area contributed by atoms with Crippen LogP contribution in [0, 0.1) is 0 Å². The topological polar surface area (TPSA) is 89.7 Å². The second kappa shape index (κ2) is 6.82. The van der Waals surface area contributed by atoms with Gasteiger partial charge in [-0.3, -0.25) is 13.8 Å². The molecule has 1 saturated heterocycles. The van der Waals surface area contributed by atoms with Crippen LogP contribution >= 0.6 is 0 Å². The molecule has 0 saturated carbocycles. The fourth-order valence-electron chi connectivity index (χ4n) is 2.22. The molecule has 2 rings (SSSR count). The molecule has 7 heteroatoms. The number of nitrogens with two attached hydrogens (primary N) is 1. The number of hydrogen-bond acceptors (Lipinski definition) is 4. The number of amides is 2. The van der Waals surface area contributed by atoms with Crippen LogP contribution in [0.5, 0.6) is 0 Å². The molecule has 114 valence electrons. The van der Waals surface area contributed by atoms with E-state index in [1.807, 2.05) is 6.07 Å². The molecule has 0 radical (unpaired) electrons. The Morgan fingerprint density at radius 2 is 2.24 bits per heavy atom. The Balaban J connectivity index is 2.12. The monoisotopic (exact) mass is 310 g/mol. The van der Waals surface area contributed by atoms with Gasteiger partial charge < -0.3 is 15.4 Å². The fraction of sp³-hybridized carbons (Fsp3) is 0.429. The third-order valence-corrected chi connectivity index (χ3v) is 3.95. The highest BCUT2D eigenvalue weighted by molar-refractivity contribution is 7.83. The molecule has 2 atom stereocenters. The molecule has 2 unspecified atom stereocenters. The summed E-state index contributed by atoms with van der Waals surface area (Å²) in [5.41, 5.74) is 6.58. The van der Waals surface area contributed by atoms with Gasteiger partial charge in [-0.25, -0.2) is 0 Å². The highest BCUT2D eigenvalue weighted by Gasteiger charge is 2.28. The summed E-state index contributed by atoms with van der Waals surface area (Å²) in [6.45, 7) is 0.878. The minimum atomic E-state index is -0.961. The first kappa shape index (κ1) is 15.7. The lowest BCUT2D eigenvalue weighted by Crippen LogP contribution is -2.50. The van der Waals surface area contributed by atoms with E-state index in [0.717, 1.165) is 5.56 Å². The molecule has 0 aromatic heterocycles. The van der Waals surface area contributed by atoms with Gasteiger partial charge in [0.05, 0.1) is 13.2 Å². The Bertz CT molecular complexity index is 576. The van der Waals surface area contributed by atoms with E-state index < -0.39 is 22.8 Å². The van der Waals surface area contributed by atoms with Crippen LogP contribution in [0.15, 0.2) is 24.3 Å². The van der Waals surface area contributed by atoms with Crippen LogP contribution in [0.2, 0.25) is 0 Å². The van der Waals surface area contributed by atoms with Gasteiger partial charge in [0.25, 0.3) is 5.91 Å².